The molecule has 1 unspecified atom stereocenters. The number of benzene rings is 2. The van der Waals surface area contributed by atoms with Gasteiger partial charge in [0.1, 0.15) is 0 Å². The van der Waals surface area contributed by atoms with E-state index >= 15 is 0 Å². The van der Waals surface area contributed by atoms with Gasteiger partial charge in [0.05, 0.1) is 16.8 Å². The third-order valence-electron chi connectivity index (χ3n) is 5.67. The summed E-state index contributed by atoms with van der Waals surface area (Å²) >= 11 is 0. The number of rotatable bonds is 7. The number of nitrogens with zero attached hydrogens (tertiary/aromatic N) is 4. The molecule has 9 nitrogen and oxygen atoms in total. The first kappa shape index (κ1) is 23.8. The van der Waals surface area contributed by atoms with Gasteiger partial charge in [-0.15, -0.1) is 10.2 Å². The number of nitrogen functional groups attached to an aromatic ring is 1. The number of hydrogen-bond donors (Lipinski definition) is 4. The second kappa shape index (κ2) is 9.51. The molecule has 10 heteroatoms. The van der Waals surface area contributed by atoms with Crippen LogP contribution in [0, 0.1) is 0 Å². The number of hydrogen-bond acceptors (Lipinski definition) is 9. The molecule has 184 valence electrons. The molecule has 0 amide bonds. The number of aromatic nitrogens is 4. The Morgan fingerprint density at radius 2 is 1.56 bits per heavy atom. The molecule has 1 atom stereocenters. The van der Waals surface area contributed by atoms with Gasteiger partial charge in [-0.05, 0) is 57.6 Å². The van der Waals surface area contributed by atoms with Crippen LogP contribution in [0.15, 0.2) is 64.0 Å². The maximum absolute atomic E-state index is 10.4. The van der Waals surface area contributed by atoms with E-state index in [1.54, 1.807) is 44.3 Å². The van der Waals surface area contributed by atoms with E-state index in [1.165, 1.54) is 0 Å². The van der Waals surface area contributed by atoms with Crippen molar-refractivity contribution in [2.75, 3.05) is 12.8 Å². The molecule has 4 aromatic rings. The third kappa shape index (κ3) is 4.66. The van der Waals surface area contributed by atoms with Gasteiger partial charge in [0.15, 0.2) is 11.5 Å². The van der Waals surface area contributed by atoms with Crippen molar-refractivity contribution in [1.82, 2.24) is 25.5 Å². The number of nitrogens with one attached hydrogen (secondary N) is 1. The van der Waals surface area contributed by atoms with E-state index in [-0.39, 0.29) is 33.0 Å². The Morgan fingerprint density at radius 1 is 0.941 bits per heavy atom. The molecule has 2 aromatic carbocycles. The van der Waals surface area contributed by atoms with Crippen molar-refractivity contribution in [2.45, 2.75) is 37.0 Å². The summed E-state index contributed by atoms with van der Waals surface area (Å²) in [5.74, 6) is 0.691. The Hall–Kier alpha value is -3.31. The summed E-state index contributed by atoms with van der Waals surface area (Å²) in [5, 5.41) is 11.2. The van der Waals surface area contributed by atoms with Crippen molar-refractivity contribution in [3.8, 4) is 34.3 Å². The Balaban J connectivity index is 0.00000228. The quantitative estimate of drug-likeness (QED) is 0.248. The van der Waals surface area contributed by atoms with Crippen LogP contribution in [0.5, 0.6) is 0 Å². The zero-order chi connectivity index (χ0) is 24.5. The fourth-order valence-electron chi connectivity index (χ4n) is 3.31. The van der Waals surface area contributed by atoms with Gasteiger partial charge >= 0.3 is 0 Å². The highest BCUT2D eigenvalue weighted by atomic mass is 32.3. The fraction of sp³-hybridized carbons (Fsp3) is 0.250. The summed E-state index contributed by atoms with van der Waals surface area (Å²) in [6.45, 7) is 5.63. The topological polar surface area (TPSA) is 143 Å². The van der Waals surface area contributed by atoms with Crippen molar-refractivity contribution < 1.29 is 17.8 Å². The van der Waals surface area contributed by atoms with Crippen LogP contribution in [-0.2, 0) is 0 Å². The van der Waals surface area contributed by atoms with E-state index in [0.717, 1.165) is 16.7 Å². The highest BCUT2D eigenvalue weighted by molar-refractivity contribution is 8.24. The predicted molar refractivity (Wildman–Crippen MR) is 141 cm³/mol. The first-order valence-corrected chi connectivity index (χ1v) is 12.4. The largest absolute Gasteiger partial charge is 0.414 e. The number of anilines is 1. The van der Waals surface area contributed by atoms with E-state index in [4.69, 9.17) is 10.2 Å². The first-order chi connectivity index (χ1) is 16.2. The molecule has 0 aliphatic heterocycles. The standard InChI is InChI=1S/C24H28N6O3S.3H2/c1-14(2)34(31,32)19-11-9-17(10-12-19)20-13-27-22(25)21(28-20)24-30-29-23(33-24)18-7-5-16(6-8-18)15(3)26-4;;;/h5-15,26,31-32H,1-4H3,(H2,25,27);3*1H. The predicted octanol–water partition coefficient (Wildman–Crippen LogP) is 5.98. The Labute approximate surface area is 204 Å². The molecule has 0 aliphatic carbocycles. The lowest BCUT2D eigenvalue weighted by Gasteiger charge is -2.36. The molecule has 0 saturated heterocycles. The highest BCUT2D eigenvalue weighted by Gasteiger charge is 2.21. The summed E-state index contributed by atoms with van der Waals surface area (Å²) in [6, 6.07) is 15.0. The third-order valence-corrected chi connectivity index (χ3v) is 7.95. The second-order valence-electron chi connectivity index (χ2n) is 8.20. The molecule has 4 rings (SSSR count). The smallest absolute Gasteiger partial charge is 0.270 e. The SMILES string of the molecule is CNC(C)c1ccc(-c2nnc(-c3nc(-c4ccc(S(O)(O)C(C)C)cc4)cnc3N)o2)cc1.[HH].[HH].[HH]. The average molecular weight is 487 g/mol. The molecule has 2 heterocycles. The molecule has 0 bridgehead atoms. The van der Waals surface area contributed by atoms with Crippen LogP contribution in [0.4, 0.5) is 5.82 Å². The summed E-state index contributed by atoms with van der Waals surface area (Å²) in [7, 11) is -0.947. The summed E-state index contributed by atoms with van der Waals surface area (Å²) in [4.78, 5) is 9.30. The minimum atomic E-state index is -2.86. The minimum Gasteiger partial charge on any atom is -0.414 e. The minimum absolute atomic E-state index is 0. The van der Waals surface area contributed by atoms with Crippen LogP contribution in [0.2, 0.25) is 0 Å². The zero-order valence-corrected chi connectivity index (χ0v) is 20.2. The lowest BCUT2D eigenvalue weighted by Crippen LogP contribution is -2.11. The Bertz CT molecular complexity index is 1290. The summed E-state index contributed by atoms with van der Waals surface area (Å²) in [6.07, 6.45) is 1.55. The van der Waals surface area contributed by atoms with Gasteiger partial charge in [0.2, 0.25) is 5.89 Å². The zero-order valence-electron chi connectivity index (χ0n) is 19.4. The van der Waals surface area contributed by atoms with E-state index in [1.807, 2.05) is 31.3 Å². The van der Waals surface area contributed by atoms with Crippen LogP contribution < -0.4 is 11.1 Å². The molecule has 0 radical (unpaired) electrons. The van der Waals surface area contributed by atoms with Gasteiger partial charge < -0.3 is 15.5 Å². The monoisotopic (exact) mass is 486 g/mol. The maximum Gasteiger partial charge on any atom is 0.270 e. The molecule has 5 N–H and O–H groups in total. The Morgan fingerprint density at radius 3 is 2.18 bits per heavy atom. The van der Waals surface area contributed by atoms with Gasteiger partial charge in [0.25, 0.3) is 5.89 Å². The normalized spacial score (nSPS) is 13.3. The Kier molecular flexibility index (Phi) is 6.67. The van der Waals surface area contributed by atoms with Crippen LogP contribution in [-0.4, -0.2) is 41.6 Å². The molecule has 0 fully saturated rings. The van der Waals surface area contributed by atoms with Gasteiger partial charge in [-0.3, -0.25) is 9.11 Å². The van der Waals surface area contributed by atoms with Gasteiger partial charge in [-0.25, -0.2) is 9.97 Å². The lowest BCUT2D eigenvalue weighted by molar-refractivity contribution is 0.476. The van der Waals surface area contributed by atoms with Gasteiger partial charge in [0, 0.05) is 26.7 Å². The maximum atomic E-state index is 10.4. The van der Waals surface area contributed by atoms with Crippen molar-refractivity contribution in [3.63, 3.8) is 0 Å². The summed E-state index contributed by atoms with van der Waals surface area (Å²) in [5.41, 5.74) is 9.56. The van der Waals surface area contributed by atoms with E-state index in [0.29, 0.717) is 16.5 Å². The number of nitrogens with two attached hydrogens (primary N) is 1. The van der Waals surface area contributed by atoms with Gasteiger partial charge in [-0.2, -0.15) is 10.6 Å². The van der Waals surface area contributed by atoms with E-state index in [9.17, 15) is 9.11 Å². The fourth-order valence-corrected chi connectivity index (χ4v) is 4.39. The van der Waals surface area contributed by atoms with E-state index in [2.05, 4.69) is 32.4 Å². The van der Waals surface area contributed by atoms with Crippen molar-refractivity contribution >= 4 is 16.4 Å². The molecule has 34 heavy (non-hydrogen) atoms. The van der Waals surface area contributed by atoms with Crippen LogP contribution >= 0.6 is 10.6 Å². The molecular formula is C24H34N6O3S. The molecular weight excluding hydrogens is 452 g/mol. The van der Waals surface area contributed by atoms with Crippen LogP contribution in [0.25, 0.3) is 34.3 Å². The van der Waals surface area contributed by atoms with Crippen molar-refractivity contribution in [3.05, 3.63) is 60.3 Å². The molecule has 0 spiro atoms. The molecule has 0 aliphatic rings. The van der Waals surface area contributed by atoms with Crippen LogP contribution in [0.1, 0.15) is 36.7 Å². The van der Waals surface area contributed by atoms with Crippen LogP contribution in [0.3, 0.4) is 0 Å². The highest BCUT2D eigenvalue weighted by Crippen LogP contribution is 2.52. The average Bonchev–Trinajstić information content (AvgIpc) is 3.34. The molecule has 0 saturated carbocycles. The summed E-state index contributed by atoms with van der Waals surface area (Å²) < 4.78 is 26.6. The van der Waals surface area contributed by atoms with Crippen molar-refractivity contribution in [2.24, 2.45) is 0 Å². The van der Waals surface area contributed by atoms with E-state index < -0.39 is 10.6 Å². The first-order valence-electron chi connectivity index (χ1n) is 10.8. The second-order valence-corrected chi connectivity index (χ2v) is 10.8. The molecule has 2 aromatic heterocycles. The van der Waals surface area contributed by atoms with Crippen molar-refractivity contribution in [1.29, 1.82) is 0 Å². The lowest BCUT2D eigenvalue weighted by atomic mass is 10.1. The van der Waals surface area contributed by atoms with Gasteiger partial charge in [-0.1, -0.05) is 24.3 Å².